The first-order chi connectivity index (χ1) is 23.0. The Balaban J connectivity index is -0.000000642. The molecule has 0 nitrogen and oxygen atoms in total. The summed E-state index contributed by atoms with van der Waals surface area (Å²) in [4.78, 5) is 0. The minimum atomic E-state index is -0.268. The van der Waals surface area contributed by atoms with E-state index in [4.69, 9.17) is 0 Å². The van der Waals surface area contributed by atoms with Gasteiger partial charge in [0.15, 0.2) is 0 Å². The molecule has 2 heteroatoms. The summed E-state index contributed by atoms with van der Waals surface area (Å²) in [6.45, 7) is 42.8. The average molecular weight is 679 g/mol. The summed E-state index contributed by atoms with van der Waals surface area (Å²) in [7, 11) is 0. The molecule has 0 saturated carbocycles. The molecule has 0 aliphatic carbocycles. The van der Waals surface area contributed by atoms with E-state index >= 15 is 0 Å². The zero-order chi connectivity index (χ0) is 38.4. The highest BCUT2D eigenvalue weighted by atomic mass is 19.1. The number of hydrogen-bond acceptors (Lipinski definition) is 0. The van der Waals surface area contributed by atoms with Gasteiger partial charge < -0.3 is 0 Å². The molecule has 0 unspecified atom stereocenters. The van der Waals surface area contributed by atoms with Gasteiger partial charge in [-0.1, -0.05) is 161 Å². The normalized spacial score (nSPS) is 11.8. The standard InChI is InChI=1S/C18H34.C17H23F.C9H11F.C3H8/c1-7-8-9-10-12-16(2)13-11-14-17(3)15-18(4,5)6;1-8-13(6)16(12(4)5)11-17(18)14(7)15(9-2)10-3;1-2-4-8-5-3-6-9(10)7-8;1-3-2/h2-3,7-15H2,1,4-6H3;9-11H,2,4,6,8H2,1,3,5,7H3;3,5-7H,2,4H2,1H3;3H2,1-2H3/b;15-10+,16-11+,17-14-;;. The van der Waals surface area contributed by atoms with Crippen LogP contribution in [0.5, 0.6) is 0 Å². The lowest BCUT2D eigenvalue weighted by atomic mass is 9.86. The van der Waals surface area contributed by atoms with Crippen LogP contribution in [0, 0.1) is 11.2 Å². The summed E-state index contributed by atoms with van der Waals surface area (Å²) >= 11 is 0. The van der Waals surface area contributed by atoms with Crippen molar-refractivity contribution in [3.63, 3.8) is 0 Å². The van der Waals surface area contributed by atoms with E-state index in [2.05, 4.69) is 81.4 Å². The molecule has 0 bridgehead atoms. The van der Waals surface area contributed by atoms with Crippen LogP contribution >= 0.6 is 0 Å². The molecule has 0 atom stereocenters. The Hall–Kier alpha value is -3.00. The van der Waals surface area contributed by atoms with E-state index in [9.17, 15) is 8.78 Å². The second-order valence-corrected chi connectivity index (χ2v) is 14.2. The lowest BCUT2D eigenvalue weighted by molar-refractivity contribution is 0.403. The second kappa shape index (κ2) is 31.0. The summed E-state index contributed by atoms with van der Waals surface area (Å²) in [6.07, 6.45) is 20.4. The maximum atomic E-state index is 14.2. The average Bonchev–Trinajstić information content (AvgIpc) is 3.02. The van der Waals surface area contributed by atoms with Crippen LogP contribution in [0.1, 0.15) is 159 Å². The minimum Gasteiger partial charge on any atom is -0.207 e. The third-order valence-electron chi connectivity index (χ3n) is 7.51. The van der Waals surface area contributed by atoms with Crippen LogP contribution in [0.2, 0.25) is 0 Å². The molecule has 0 amide bonds. The topological polar surface area (TPSA) is 0 Å². The van der Waals surface area contributed by atoms with Crippen molar-refractivity contribution in [3.8, 4) is 0 Å². The van der Waals surface area contributed by atoms with Crippen molar-refractivity contribution in [1.82, 2.24) is 0 Å². The molecule has 0 heterocycles. The van der Waals surface area contributed by atoms with Crippen LogP contribution in [0.3, 0.4) is 0 Å². The number of hydrogen-bond donors (Lipinski definition) is 0. The molecule has 0 aromatic heterocycles. The van der Waals surface area contributed by atoms with Crippen LogP contribution in [0.4, 0.5) is 8.78 Å². The molecule has 49 heavy (non-hydrogen) atoms. The van der Waals surface area contributed by atoms with Crippen molar-refractivity contribution in [1.29, 1.82) is 0 Å². The van der Waals surface area contributed by atoms with Gasteiger partial charge in [-0.05, 0) is 124 Å². The van der Waals surface area contributed by atoms with Crippen LogP contribution in [-0.4, -0.2) is 0 Å². The van der Waals surface area contributed by atoms with Crippen molar-refractivity contribution in [2.45, 2.75) is 160 Å². The van der Waals surface area contributed by atoms with Gasteiger partial charge in [-0.15, -0.1) is 0 Å². The highest BCUT2D eigenvalue weighted by Gasteiger charge is 2.11. The first-order valence-corrected chi connectivity index (χ1v) is 18.8. The highest BCUT2D eigenvalue weighted by molar-refractivity contribution is 5.49. The maximum absolute atomic E-state index is 14.2. The fourth-order valence-electron chi connectivity index (χ4n) is 4.91. The Kier molecular flexibility index (Phi) is 31.9. The van der Waals surface area contributed by atoms with E-state index in [0.29, 0.717) is 11.0 Å². The first kappa shape index (κ1) is 50.4. The third kappa shape index (κ3) is 29.6. The van der Waals surface area contributed by atoms with Crippen LogP contribution < -0.4 is 0 Å². The Morgan fingerprint density at radius 1 is 0.816 bits per heavy atom. The largest absolute Gasteiger partial charge is 0.207 e. The Bertz CT molecular complexity index is 1190. The van der Waals surface area contributed by atoms with Gasteiger partial charge in [-0.25, -0.2) is 8.78 Å². The van der Waals surface area contributed by atoms with E-state index in [1.807, 2.05) is 32.9 Å². The number of unbranched alkanes of at least 4 members (excludes halogenated alkanes) is 3. The monoisotopic (exact) mass is 679 g/mol. The lowest BCUT2D eigenvalue weighted by Gasteiger charge is -2.19. The predicted octanol–water partition coefficient (Wildman–Crippen LogP) is 16.7. The smallest absolute Gasteiger partial charge is 0.127 e. The number of allylic oxidation sites excluding steroid dienone is 11. The van der Waals surface area contributed by atoms with Gasteiger partial charge in [-0.3, -0.25) is 0 Å². The van der Waals surface area contributed by atoms with Crippen molar-refractivity contribution in [3.05, 3.63) is 132 Å². The van der Waals surface area contributed by atoms with Gasteiger partial charge >= 0.3 is 0 Å². The third-order valence-corrected chi connectivity index (χ3v) is 7.51. The summed E-state index contributed by atoms with van der Waals surface area (Å²) < 4.78 is 26.7. The van der Waals surface area contributed by atoms with E-state index in [1.54, 1.807) is 25.1 Å². The molecule has 0 N–H and O–H groups in total. The van der Waals surface area contributed by atoms with Crippen molar-refractivity contribution >= 4 is 0 Å². The van der Waals surface area contributed by atoms with Gasteiger partial charge in [0, 0.05) is 0 Å². The molecule has 0 aliphatic heterocycles. The fraction of sp³-hybridized carbons (Fsp3) is 0.532. The molecule has 1 aromatic rings. The van der Waals surface area contributed by atoms with Crippen LogP contribution in [-0.2, 0) is 6.42 Å². The number of aryl methyl sites for hydroxylation is 1. The van der Waals surface area contributed by atoms with Gasteiger partial charge in [0.25, 0.3) is 0 Å². The molecule has 0 radical (unpaired) electrons. The Labute approximate surface area is 304 Å². The lowest BCUT2D eigenvalue weighted by Crippen LogP contribution is -2.05. The second-order valence-electron chi connectivity index (χ2n) is 14.2. The fourth-order valence-corrected chi connectivity index (χ4v) is 4.91. The molecule has 0 aliphatic rings. The molecule has 278 valence electrons. The quantitative estimate of drug-likeness (QED) is 0.0823. The van der Waals surface area contributed by atoms with Crippen LogP contribution in [0.25, 0.3) is 0 Å². The van der Waals surface area contributed by atoms with Gasteiger partial charge in [0.2, 0.25) is 0 Å². The van der Waals surface area contributed by atoms with E-state index in [-0.39, 0.29) is 11.6 Å². The van der Waals surface area contributed by atoms with Crippen molar-refractivity contribution in [2.24, 2.45) is 5.41 Å². The van der Waals surface area contributed by atoms with Crippen LogP contribution in [0.15, 0.2) is 120 Å². The summed E-state index contributed by atoms with van der Waals surface area (Å²) in [5, 5.41) is 0. The van der Waals surface area contributed by atoms with Crippen molar-refractivity contribution < 1.29 is 8.78 Å². The molecule has 0 fully saturated rings. The van der Waals surface area contributed by atoms with Gasteiger partial charge in [0.1, 0.15) is 11.6 Å². The molecule has 1 rings (SSSR count). The summed E-state index contributed by atoms with van der Waals surface area (Å²) in [6, 6.07) is 6.76. The number of benzene rings is 1. The summed E-state index contributed by atoms with van der Waals surface area (Å²) in [5.74, 6) is -0.401. The molecular weight excluding hydrogens is 603 g/mol. The Morgan fingerprint density at radius 3 is 1.84 bits per heavy atom. The molecule has 0 spiro atoms. The zero-order valence-electron chi connectivity index (χ0n) is 34.0. The minimum absolute atomic E-state index is 0.133. The maximum Gasteiger partial charge on any atom is 0.127 e. The SMILES string of the molecule is C=C(CCCCCC)CCCC(=C)CC(C)(C)C.C=CC(=C\C)/C(C)=C(F)/C=C(\C(=C)C)C(=C)CC.CCC.CCCc1cccc(F)c1. The highest BCUT2D eigenvalue weighted by Crippen LogP contribution is 2.27. The van der Waals surface area contributed by atoms with Gasteiger partial charge in [-0.2, -0.15) is 0 Å². The molecule has 1 aromatic carbocycles. The first-order valence-electron chi connectivity index (χ1n) is 18.8. The molecule has 0 saturated heterocycles. The number of rotatable bonds is 18. The number of halogens is 2. The van der Waals surface area contributed by atoms with Crippen molar-refractivity contribution in [2.75, 3.05) is 0 Å². The zero-order valence-corrected chi connectivity index (χ0v) is 34.0. The van der Waals surface area contributed by atoms with E-state index in [0.717, 1.165) is 53.5 Å². The Morgan fingerprint density at radius 2 is 1.39 bits per heavy atom. The van der Waals surface area contributed by atoms with E-state index < -0.39 is 0 Å². The summed E-state index contributed by atoms with van der Waals surface area (Å²) in [5.41, 5.74) is 8.19. The van der Waals surface area contributed by atoms with Gasteiger partial charge in [0.05, 0.1) is 0 Å². The van der Waals surface area contributed by atoms with E-state index in [1.165, 1.54) is 81.1 Å². The molecular formula is C47H76F2. The predicted molar refractivity (Wildman–Crippen MR) is 221 cm³/mol.